The molecule has 1 heterocycles. The van der Waals surface area contributed by atoms with Crippen LogP contribution in [-0.4, -0.2) is 24.6 Å². The maximum atomic E-state index is 11.2. The maximum absolute atomic E-state index is 11.2. The van der Waals surface area contributed by atoms with Gasteiger partial charge in [-0.3, -0.25) is 9.80 Å². The van der Waals surface area contributed by atoms with Crippen molar-refractivity contribution >= 4 is 6.41 Å². The first-order chi connectivity index (χ1) is 10.4. The number of hydrogen-bond donors (Lipinski definition) is 1. The number of nitrogens with zero attached hydrogens (tertiary/aromatic N) is 1. The second kappa shape index (κ2) is 7.14. The van der Waals surface area contributed by atoms with Gasteiger partial charge in [0, 0.05) is 18.5 Å². The standard InChI is InChI=1S/C18H28N2O2/c1-5-9-20(13-21)19-16-8-10-22-17-7-6-14(11-15(16)17)12-18(2,3)4/h6-7,11,13,16,19H,5,8-10,12H2,1-4H3/t16-/m0/s1. The molecule has 1 aliphatic rings. The van der Waals surface area contributed by atoms with Gasteiger partial charge in [0.05, 0.1) is 12.6 Å². The zero-order chi connectivity index (χ0) is 16.2. The molecule has 1 atom stereocenters. The summed E-state index contributed by atoms with van der Waals surface area (Å²) in [4.78, 5) is 11.2. The van der Waals surface area contributed by atoms with Gasteiger partial charge in [0.2, 0.25) is 6.41 Å². The van der Waals surface area contributed by atoms with Crippen LogP contribution in [0.25, 0.3) is 0 Å². The second-order valence-electron chi connectivity index (χ2n) is 7.23. The Kier molecular flexibility index (Phi) is 5.46. The third-order valence-electron chi connectivity index (χ3n) is 3.76. The lowest BCUT2D eigenvalue weighted by molar-refractivity contribution is -0.122. The summed E-state index contributed by atoms with van der Waals surface area (Å²) in [5.74, 6) is 0.934. The van der Waals surface area contributed by atoms with Gasteiger partial charge in [-0.05, 0) is 29.9 Å². The summed E-state index contributed by atoms with van der Waals surface area (Å²) in [5, 5.41) is 1.65. The van der Waals surface area contributed by atoms with E-state index in [0.717, 1.165) is 43.5 Å². The SMILES string of the molecule is CCCN(C=O)N[C@H]1CCOc2ccc(CC(C)(C)C)cc21. The van der Waals surface area contributed by atoms with E-state index < -0.39 is 0 Å². The van der Waals surface area contributed by atoms with E-state index >= 15 is 0 Å². The van der Waals surface area contributed by atoms with Crippen molar-refractivity contribution in [2.75, 3.05) is 13.2 Å². The lowest BCUT2D eigenvalue weighted by Gasteiger charge is -2.31. The highest BCUT2D eigenvalue weighted by molar-refractivity contribution is 5.47. The number of benzene rings is 1. The molecular formula is C18H28N2O2. The zero-order valence-corrected chi connectivity index (χ0v) is 14.2. The van der Waals surface area contributed by atoms with Crippen LogP contribution < -0.4 is 10.2 Å². The van der Waals surface area contributed by atoms with Crippen LogP contribution in [0.2, 0.25) is 0 Å². The molecule has 1 aliphatic heterocycles. The molecule has 4 nitrogen and oxygen atoms in total. The summed E-state index contributed by atoms with van der Waals surface area (Å²) in [7, 11) is 0. The molecule has 0 radical (unpaired) electrons. The molecule has 1 amide bonds. The van der Waals surface area contributed by atoms with Crippen molar-refractivity contribution in [3.8, 4) is 5.75 Å². The fraction of sp³-hybridized carbons (Fsp3) is 0.611. The first-order valence-electron chi connectivity index (χ1n) is 8.16. The van der Waals surface area contributed by atoms with E-state index in [9.17, 15) is 4.79 Å². The summed E-state index contributed by atoms with van der Waals surface area (Å²) in [5.41, 5.74) is 6.07. The number of hydrazine groups is 1. The van der Waals surface area contributed by atoms with Crippen LogP contribution in [0.1, 0.15) is 57.7 Å². The van der Waals surface area contributed by atoms with Gasteiger partial charge >= 0.3 is 0 Å². The highest BCUT2D eigenvalue weighted by Crippen LogP contribution is 2.34. The van der Waals surface area contributed by atoms with Gasteiger partial charge in [0.15, 0.2) is 0 Å². The van der Waals surface area contributed by atoms with Gasteiger partial charge in [-0.15, -0.1) is 0 Å². The first kappa shape index (κ1) is 16.8. The summed E-state index contributed by atoms with van der Waals surface area (Å²) < 4.78 is 5.77. The van der Waals surface area contributed by atoms with Crippen LogP contribution in [0, 0.1) is 5.41 Å². The smallest absolute Gasteiger partial charge is 0.223 e. The molecule has 0 unspecified atom stereocenters. The fourth-order valence-electron chi connectivity index (χ4n) is 2.89. The number of amides is 1. The van der Waals surface area contributed by atoms with Crippen molar-refractivity contribution in [2.24, 2.45) is 5.41 Å². The van der Waals surface area contributed by atoms with Gasteiger partial charge in [0.25, 0.3) is 0 Å². The van der Waals surface area contributed by atoms with E-state index in [2.05, 4.69) is 51.3 Å². The zero-order valence-electron chi connectivity index (χ0n) is 14.2. The number of rotatable bonds is 6. The second-order valence-corrected chi connectivity index (χ2v) is 7.23. The fourth-order valence-corrected chi connectivity index (χ4v) is 2.89. The van der Waals surface area contributed by atoms with Crippen molar-refractivity contribution in [3.05, 3.63) is 29.3 Å². The maximum Gasteiger partial charge on any atom is 0.223 e. The molecule has 2 rings (SSSR count). The molecule has 0 fully saturated rings. The van der Waals surface area contributed by atoms with Crippen LogP contribution in [-0.2, 0) is 11.2 Å². The number of carbonyl (C=O) groups is 1. The van der Waals surface area contributed by atoms with Crippen LogP contribution >= 0.6 is 0 Å². The van der Waals surface area contributed by atoms with Crippen LogP contribution in [0.4, 0.5) is 0 Å². The summed E-state index contributed by atoms with van der Waals surface area (Å²) in [6.45, 7) is 10.2. The Balaban J connectivity index is 2.20. The Morgan fingerprint density at radius 2 is 2.18 bits per heavy atom. The molecular weight excluding hydrogens is 276 g/mol. The highest BCUT2D eigenvalue weighted by atomic mass is 16.5. The lowest BCUT2D eigenvalue weighted by Crippen LogP contribution is -2.41. The molecule has 0 aromatic heterocycles. The minimum Gasteiger partial charge on any atom is -0.493 e. The molecule has 122 valence electrons. The molecule has 1 N–H and O–H groups in total. The quantitative estimate of drug-likeness (QED) is 0.646. The number of ether oxygens (including phenoxy) is 1. The van der Waals surface area contributed by atoms with E-state index in [-0.39, 0.29) is 11.5 Å². The van der Waals surface area contributed by atoms with E-state index in [0.29, 0.717) is 6.61 Å². The van der Waals surface area contributed by atoms with Gasteiger partial charge in [-0.25, -0.2) is 5.43 Å². The van der Waals surface area contributed by atoms with E-state index in [1.807, 2.05) is 0 Å². The van der Waals surface area contributed by atoms with Crippen LogP contribution in [0.5, 0.6) is 5.75 Å². The molecule has 1 aromatic rings. The average molecular weight is 304 g/mol. The Morgan fingerprint density at radius 1 is 1.41 bits per heavy atom. The number of fused-ring (bicyclic) bond motifs is 1. The van der Waals surface area contributed by atoms with Gasteiger partial charge in [0.1, 0.15) is 5.75 Å². The molecule has 0 spiro atoms. The van der Waals surface area contributed by atoms with Gasteiger partial charge in [-0.1, -0.05) is 39.8 Å². The van der Waals surface area contributed by atoms with Crippen molar-refractivity contribution < 1.29 is 9.53 Å². The summed E-state index contributed by atoms with van der Waals surface area (Å²) in [6, 6.07) is 6.58. The Morgan fingerprint density at radius 3 is 2.82 bits per heavy atom. The van der Waals surface area contributed by atoms with Crippen molar-refractivity contribution in [1.29, 1.82) is 0 Å². The Hall–Kier alpha value is -1.55. The first-order valence-corrected chi connectivity index (χ1v) is 8.16. The number of nitrogens with one attached hydrogen (secondary N) is 1. The monoisotopic (exact) mass is 304 g/mol. The molecule has 0 bridgehead atoms. The molecule has 0 saturated heterocycles. The molecule has 0 aliphatic carbocycles. The van der Waals surface area contributed by atoms with Crippen LogP contribution in [0.3, 0.4) is 0 Å². The Bertz CT molecular complexity index is 508. The van der Waals surface area contributed by atoms with E-state index in [4.69, 9.17) is 4.74 Å². The minimum absolute atomic E-state index is 0.139. The molecule has 4 heteroatoms. The minimum atomic E-state index is 0.139. The van der Waals surface area contributed by atoms with Crippen molar-refractivity contribution in [3.63, 3.8) is 0 Å². The normalized spacial score (nSPS) is 17.5. The summed E-state index contributed by atoms with van der Waals surface area (Å²) >= 11 is 0. The average Bonchev–Trinajstić information content (AvgIpc) is 2.45. The largest absolute Gasteiger partial charge is 0.493 e. The highest BCUT2D eigenvalue weighted by Gasteiger charge is 2.24. The Labute approximate surface area is 133 Å². The molecule has 0 saturated carbocycles. The van der Waals surface area contributed by atoms with E-state index in [1.165, 1.54) is 5.56 Å². The van der Waals surface area contributed by atoms with Gasteiger partial charge < -0.3 is 4.74 Å². The topological polar surface area (TPSA) is 41.6 Å². The van der Waals surface area contributed by atoms with Crippen molar-refractivity contribution in [2.45, 2.75) is 53.0 Å². The van der Waals surface area contributed by atoms with E-state index in [1.54, 1.807) is 5.01 Å². The van der Waals surface area contributed by atoms with Crippen LogP contribution in [0.15, 0.2) is 18.2 Å². The third kappa shape index (κ3) is 4.47. The number of carbonyl (C=O) groups excluding carboxylic acids is 1. The van der Waals surface area contributed by atoms with Gasteiger partial charge in [-0.2, -0.15) is 0 Å². The molecule has 22 heavy (non-hydrogen) atoms. The van der Waals surface area contributed by atoms with Crippen molar-refractivity contribution in [1.82, 2.24) is 10.4 Å². The predicted octanol–water partition coefficient (Wildman–Crippen LogP) is 3.47. The third-order valence-corrected chi connectivity index (χ3v) is 3.76. The molecule has 1 aromatic carbocycles. The number of hydrogen-bond acceptors (Lipinski definition) is 3. The summed E-state index contributed by atoms with van der Waals surface area (Å²) in [6.07, 6.45) is 3.71. The lowest BCUT2D eigenvalue weighted by atomic mass is 9.86. The predicted molar refractivity (Wildman–Crippen MR) is 88.7 cm³/mol.